The van der Waals surface area contributed by atoms with E-state index in [1.807, 2.05) is 0 Å². The molecule has 0 radical (unpaired) electrons. The number of carboxylic acids is 2. The molecule has 0 spiro atoms. The van der Waals surface area contributed by atoms with Crippen LogP contribution in [0.1, 0.15) is 53.8 Å². The molecule has 8 N–H and O–H groups in total. The minimum absolute atomic E-state index is 0. The van der Waals surface area contributed by atoms with Crippen LogP contribution in [-0.2, 0) is 50.5 Å². The Morgan fingerprint density at radius 2 is 1.00 bits per heavy atom. The molecule has 0 saturated carbocycles. The summed E-state index contributed by atoms with van der Waals surface area (Å²) < 4.78 is -1.42. The van der Waals surface area contributed by atoms with Crippen molar-refractivity contribution < 1.29 is 73.8 Å². The van der Waals surface area contributed by atoms with E-state index in [9.17, 15) is 49.2 Å². The van der Waals surface area contributed by atoms with Crippen LogP contribution in [0.5, 0.6) is 11.5 Å². The third kappa shape index (κ3) is 7.43. The van der Waals surface area contributed by atoms with Crippen LogP contribution in [-0.4, -0.2) is 100.0 Å². The van der Waals surface area contributed by atoms with E-state index in [1.165, 1.54) is 81.9 Å². The van der Waals surface area contributed by atoms with Gasteiger partial charge in [-0.25, -0.2) is 0 Å². The second-order valence-electron chi connectivity index (χ2n) is 13.3. The molecule has 2 unspecified atom stereocenters. The van der Waals surface area contributed by atoms with Crippen LogP contribution in [0.15, 0.2) is 48.5 Å². The third-order valence-electron chi connectivity index (χ3n) is 8.99. The number of nitrogens with one attached hydrogen (secondary N) is 2. The summed E-state index contributed by atoms with van der Waals surface area (Å²) in [4.78, 5) is 74.5. The fourth-order valence-electron chi connectivity index (χ4n) is 6.41. The Bertz CT molecular complexity index is 1620. The van der Waals surface area contributed by atoms with Gasteiger partial charge < -0.3 is 64.8 Å². The van der Waals surface area contributed by atoms with Crippen molar-refractivity contribution in [2.24, 2.45) is 11.5 Å². The van der Waals surface area contributed by atoms with Gasteiger partial charge in [-0.05, 0) is 63.1 Å². The van der Waals surface area contributed by atoms with Crippen LogP contribution in [0.3, 0.4) is 0 Å². The van der Waals surface area contributed by atoms with Crippen LogP contribution in [0.4, 0.5) is 0 Å². The number of carboxylic acid groups (broad SMARTS) is 2. The van der Waals surface area contributed by atoms with Gasteiger partial charge in [0.2, 0.25) is 23.6 Å². The van der Waals surface area contributed by atoms with Crippen LogP contribution >= 0.6 is 23.5 Å². The molecule has 4 heterocycles. The van der Waals surface area contributed by atoms with Gasteiger partial charge in [0.25, 0.3) is 0 Å². The summed E-state index contributed by atoms with van der Waals surface area (Å²) in [6, 6.07) is 6.05. The normalized spacial score (nSPS) is 27.5. The summed E-state index contributed by atoms with van der Waals surface area (Å²) in [5.41, 5.74) is 12.8. The van der Waals surface area contributed by atoms with Gasteiger partial charge >= 0.3 is 21.7 Å². The SMILES string of the molecule is CC1(C)S[C@@H]2[C@H](NC(=O)C(N)c3ccc(O)cc3)C(=O)N2[C@H]1C(=O)[O-].CC1(C)S[C@@H]2[C@H](NC(=O)C(N)c3ccc(O)cc3)C(=O)N2[C@H]1C(=O)[O-].[H-].[H-].[Ti+4]. The number of rotatable bonds is 8. The summed E-state index contributed by atoms with van der Waals surface area (Å²) in [5, 5.41) is 45.5. The van der Waals surface area contributed by atoms with Gasteiger partial charge in [0.05, 0.1) is 24.0 Å². The number of amides is 4. The number of β-lactam (4-membered cyclic amide) rings is 2. The van der Waals surface area contributed by atoms with Crippen LogP contribution < -0.4 is 32.3 Å². The van der Waals surface area contributed by atoms with E-state index < -0.39 is 92.1 Å². The maximum Gasteiger partial charge on any atom is 4.00 e. The third-order valence-corrected chi connectivity index (χ3v) is 12.1. The first-order valence-electron chi connectivity index (χ1n) is 15.4. The Kier molecular flexibility index (Phi) is 11.5. The summed E-state index contributed by atoms with van der Waals surface area (Å²) in [7, 11) is 0. The standard InChI is InChI=1S/2C16H19N3O5S.Ti.2H/c2*1-16(2)11(15(23)24)19-13(22)10(14(19)25-16)18-12(21)9(17)7-3-5-8(20)6-4-7;;;/h2*3-6,9-11,14,20H,17H2,1-2H3,(H,18,21)(H,23,24);;;/q;;+4;2*-1/p-2/t2*9?,10-,11+,14-;;;/m11.../s1. The van der Waals surface area contributed by atoms with Gasteiger partial charge in [-0.15, -0.1) is 23.5 Å². The molecule has 8 atom stereocenters. The molecule has 2 aromatic rings. The van der Waals surface area contributed by atoms with E-state index in [2.05, 4.69) is 10.6 Å². The molecule has 4 amide bonds. The first-order chi connectivity index (χ1) is 23.3. The zero-order chi connectivity index (χ0) is 37.0. The van der Waals surface area contributed by atoms with Crippen LogP contribution in [0, 0.1) is 0 Å². The minimum atomic E-state index is -1.31. The average Bonchev–Trinajstić information content (AvgIpc) is 3.47. The number of thioether (sulfide) groups is 2. The van der Waals surface area contributed by atoms with Gasteiger partial charge in [-0.2, -0.15) is 0 Å². The molecular weight excluding hydrogens is 740 g/mol. The predicted octanol–water partition coefficient (Wildman–Crippen LogP) is -2.40. The van der Waals surface area contributed by atoms with Crippen molar-refractivity contribution in [3.8, 4) is 11.5 Å². The number of phenols is 2. The van der Waals surface area contributed by atoms with Crippen molar-refractivity contribution >= 4 is 59.1 Å². The molecule has 4 aliphatic rings. The Morgan fingerprint density at radius 1 is 0.706 bits per heavy atom. The number of benzene rings is 2. The number of hydrogen-bond donors (Lipinski definition) is 6. The smallest absolute Gasteiger partial charge is 1.00 e. The topological polar surface area (TPSA) is 272 Å². The molecule has 16 nitrogen and oxygen atoms in total. The molecule has 272 valence electrons. The van der Waals surface area contributed by atoms with Gasteiger partial charge in [-0.3, -0.25) is 19.2 Å². The molecular formula is C32H38N6O10S2Ti. The van der Waals surface area contributed by atoms with Gasteiger partial charge in [0.15, 0.2) is 0 Å². The second kappa shape index (κ2) is 14.7. The zero-order valence-corrected chi connectivity index (χ0v) is 31.0. The first-order valence-corrected chi connectivity index (χ1v) is 17.1. The van der Waals surface area contributed by atoms with Crippen LogP contribution in [0.25, 0.3) is 0 Å². The molecule has 6 rings (SSSR count). The minimum Gasteiger partial charge on any atom is -1.00 e. The quantitative estimate of drug-likeness (QED) is 0.121. The van der Waals surface area contributed by atoms with Crippen molar-refractivity contribution in [3.05, 3.63) is 59.7 Å². The van der Waals surface area contributed by atoms with Crippen molar-refractivity contribution in [3.63, 3.8) is 0 Å². The van der Waals surface area contributed by atoms with E-state index >= 15 is 0 Å². The monoisotopic (exact) mass is 778 g/mol. The summed E-state index contributed by atoms with van der Waals surface area (Å²) >= 11 is 2.63. The Hall–Kier alpha value is -3.81. The summed E-state index contributed by atoms with van der Waals surface area (Å²) in [6.07, 6.45) is 0. The summed E-state index contributed by atoms with van der Waals surface area (Å²) in [6.45, 7) is 6.91. The van der Waals surface area contributed by atoms with Gasteiger partial charge in [0.1, 0.15) is 46.4 Å². The number of nitrogens with zero attached hydrogens (tertiary/aromatic N) is 2. The number of carbonyl (C=O) groups is 6. The first kappa shape index (κ1) is 40.0. The van der Waals surface area contributed by atoms with Crippen molar-refractivity contribution in [1.29, 1.82) is 0 Å². The van der Waals surface area contributed by atoms with E-state index in [-0.39, 0.29) is 36.1 Å². The number of aromatic hydroxyl groups is 2. The molecule has 0 bridgehead atoms. The van der Waals surface area contributed by atoms with Crippen molar-refractivity contribution in [2.75, 3.05) is 0 Å². The number of nitrogens with two attached hydrogens (primary N) is 2. The van der Waals surface area contributed by atoms with Gasteiger partial charge in [-0.1, -0.05) is 24.3 Å². The number of phenolic OH excluding ortho intramolecular Hbond substituents is 2. The Balaban J connectivity index is 0.000000347. The molecule has 0 aromatic heterocycles. The van der Waals surface area contributed by atoms with E-state index in [4.69, 9.17) is 11.5 Å². The molecule has 51 heavy (non-hydrogen) atoms. The second-order valence-corrected chi connectivity index (χ2v) is 16.8. The number of fused-ring (bicyclic) bond motifs is 2. The fraction of sp³-hybridized carbons (Fsp3) is 0.438. The van der Waals surface area contributed by atoms with E-state index in [0.29, 0.717) is 11.1 Å². The van der Waals surface area contributed by atoms with Crippen molar-refractivity contribution in [2.45, 2.75) is 84.2 Å². The molecule has 2 aromatic carbocycles. The zero-order valence-electron chi connectivity index (χ0n) is 29.8. The largest absolute Gasteiger partial charge is 4.00 e. The van der Waals surface area contributed by atoms with Crippen molar-refractivity contribution in [1.82, 2.24) is 20.4 Å². The Morgan fingerprint density at radius 3 is 1.27 bits per heavy atom. The van der Waals surface area contributed by atoms with E-state index in [1.54, 1.807) is 27.7 Å². The molecule has 4 aliphatic heterocycles. The predicted molar refractivity (Wildman–Crippen MR) is 178 cm³/mol. The number of aliphatic carboxylic acids is 2. The molecule has 19 heteroatoms. The molecule has 0 aliphatic carbocycles. The van der Waals surface area contributed by atoms with E-state index in [0.717, 1.165) is 0 Å². The maximum atomic E-state index is 12.3. The number of carbonyl (C=O) groups excluding carboxylic acids is 6. The fourth-order valence-corrected chi connectivity index (χ4v) is 9.65. The van der Waals surface area contributed by atoms with Crippen LogP contribution in [0.2, 0.25) is 0 Å². The Labute approximate surface area is 318 Å². The van der Waals surface area contributed by atoms with Gasteiger partial charge in [0, 0.05) is 9.49 Å². The maximum absolute atomic E-state index is 12.3. The number of hydrogen-bond acceptors (Lipinski definition) is 14. The average molecular weight is 779 g/mol. The summed E-state index contributed by atoms with van der Waals surface area (Å²) in [5.74, 6) is -4.50. The molecule has 4 fully saturated rings. The molecule has 4 saturated heterocycles.